The van der Waals surface area contributed by atoms with Crippen molar-refractivity contribution in [3.63, 3.8) is 0 Å². The number of aryl methyl sites for hydroxylation is 1. The molecule has 0 heterocycles. The Balaban J connectivity index is 1.73. The Kier molecular flexibility index (Phi) is 6.54. The fourth-order valence-electron chi connectivity index (χ4n) is 3.98. The van der Waals surface area contributed by atoms with Crippen LogP contribution in [0.1, 0.15) is 79.3 Å². The molecule has 1 atom stereocenters. The quantitative estimate of drug-likeness (QED) is 0.479. The van der Waals surface area contributed by atoms with Gasteiger partial charge in [-0.1, -0.05) is 62.9 Å². The summed E-state index contributed by atoms with van der Waals surface area (Å²) in [7, 11) is 0. The molecule has 0 saturated heterocycles. The first-order valence-corrected chi connectivity index (χ1v) is 10.3. The molecular weight excluding hydrogens is 334 g/mol. The van der Waals surface area contributed by atoms with Crippen LogP contribution in [0.3, 0.4) is 0 Å². The SMILES string of the molecule is CCCC(Oc1ccc(C)cc1N)C(=O)c1ccc(C2CCCCC2)cc1. The van der Waals surface area contributed by atoms with E-state index in [1.165, 1.54) is 37.7 Å². The lowest BCUT2D eigenvalue weighted by Gasteiger charge is -2.22. The summed E-state index contributed by atoms with van der Waals surface area (Å²) in [6, 6.07) is 13.9. The van der Waals surface area contributed by atoms with Crippen molar-refractivity contribution in [1.82, 2.24) is 0 Å². The largest absolute Gasteiger partial charge is 0.480 e. The normalized spacial score (nSPS) is 16.1. The minimum atomic E-state index is -0.500. The predicted octanol–water partition coefficient (Wildman–Crippen LogP) is 6.06. The molecule has 0 aliphatic heterocycles. The summed E-state index contributed by atoms with van der Waals surface area (Å²) in [6.45, 7) is 4.05. The van der Waals surface area contributed by atoms with Crippen LogP contribution in [-0.2, 0) is 0 Å². The van der Waals surface area contributed by atoms with Gasteiger partial charge >= 0.3 is 0 Å². The second kappa shape index (κ2) is 9.07. The van der Waals surface area contributed by atoms with E-state index in [1.807, 2.05) is 37.3 Å². The number of Topliss-reactive ketones (excluding diaryl/α,β-unsaturated/α-hetero) is 1. The van der Waals surface area contributed by atoms with Crippen molar-refractivity contribution in [2.45, 2.75) is 70.8 Å². The monoisotopic (exact) mass is 365 g/mol. The van der Waals surface area contributed by atoms with Crippen molar-refractivity contribution in [3.05, 3.63) is 59.2 Å². The van der Waals surface area contributed by atoms with Gasteiger partial charge in [0.05, 0.1) is 5.69 Å². The Labute approximate surface area is 162 Å². The molecule has 27 heavy (non-hydrogen) atoms. The zero-order chi connectivity index (χ0) is 19.2. The summed E-state index contributed by atoms with van der Waals surface area (Å²) in [5.74, 6) is 1.27. The summed E-state index contributed by atoms with van der Waals surface area (Å²) in [4.78, 5) is 13.0. The molecule has 1 unspecified atom stereocenters. The third-order valence-electron chi connectivity index (χ3n) is 5.55. The van der Waals surface area contributed by atoms with E-state index in [2.05, 4.69) is 19.1 Å². The Hall–Kier alpha value is -2.29. The molecule has 2 aromatic carbocycles. The van der Waals surface area contributed by atoms with Crippen LogP contribution >= 0.6 is 0 Å². The Morgan fingerprint density at radius 3 is 2.44 bits per heavy atom. The molecule has 1 saturated carbocycles. The zero-order valence-electron chi connectivity index (χ0n) is 16.5. The molecule has 3 nitrogen and oxygen atoms in total. The van der Waals surface area contributed by atoms with Crippen LogP contribution in [0.2, 0.25) is 0 Å². The first-order chi connectivity index (χ1) is 13.1. The zero-order valence-corrected chi connectivity index (χ0v) is 16.5. The van der Waals surface area contributed by atoms with Crippen molar-refractivity contribution in [2.75, 3.05) is 5.73 Å². The summed E-state index contributed by atoms with van der Waals surface area (Å²) in [6.07, 6.45) is 7.57. The van der Waals surface area contributed by atoms with Crippen molar-refractivity contribution in [1.29, 1.82) is 0 Å². The van der Waals surface area contributed by atoms with Gasteiger partial charge in [0, 0.05) is 5.56 Å². The minimum Gasteiger partial charge on any atom is -0.480 e. The standard InChI is InChI=1S/C24H31NO2/c1-3-7-23(27-22-15-10-17(2)16-21(22)25)24(26)20-13-11-19(12-14-20)18-8-5-4-6-9-18/h10-16,18,23H,3-9,25H2,1-2H3. The van der Waals surface area contributed by atoms with E-state index in [9.17, 15) is 4.79 Å². The topological polar surface area (TPSA) is 52.3 Å². The average molecular weight is 366 g/mol. The van der Waals surface area contributed by atoms with E-state index >= 15 is 0 Å². The molecule has 2 N–H and O–H groups in total. The molecule has 2 aromatic rings. The maximum atomic E-state index is 13.0. The minimum absolute atomic E-state index is 0.0343. The Morgan fingerprint density at radius 1 is 1.11 bits per heavy atom. The van der Waals surface area contributed by atoms with Crippen LogP contribution in [0.5, 0.6) is 5.75 Å². The van der Waals surface area contributed by atoms with Gasteiger partial charge in [0.2, 0.25) is 5.78 Å². The van der Waals surface area contributed by atoms with E-state index in [1.54, 1.807) is 0 Å². The molecule has 1 fully saturated rings. The van der Waals surface area contributed by atoms with Gasteiger partial charge in [-0.25, -0.2) is 0 Å². The molecule has 144 valence electrons. The molecule has 0 spiro atoms. The van der Waals surface area contributed by atoms with Gasteiger partial charge in [0.25, 0.3) is 0 Å². The summed E-state index contributed by atoms with van der Waals surface area (Å²) >= 11 is 0. The van der Waals surface area contributed by atoms with Crippen molar-refractivity contribution < 1.29 is 9.53 Å². The molecule has 0 amide bonds. The van der Waals surface area contributed by atoms with Crippen molar-refractivity contribution in [2.24, 2.45) is 0 Å². The summed E-state index contributed by atoms with van der Waals surface area (Å²) < 4.78 is 6.03. The lowest BCUT2D eigenvalue weighted by Crippen LogP contribution is -2.27. The van der Waals surface area contributed by atoms with Gasteiger partial charge in [-0.15, -0.1) is 0 Å². The molecule has 1 aliphatic carbocycles. The van der Waals surface area contributed by atoms with Gasteiger partial charge in [-0.3, -0.25) is 4.79 Å². The highest BCUT2D eigenvalue weighted by Crippen LogP contribution is 2.33. The molecule has 0 aromatic heterocycles. The van der Waals surface area contributed by atoms with Gasteiger partial charge in [0.15, 0.2) is 6.10 Å². The molecule has 3 rings (SSSR count). The first kappa shape index (κ1) is 19.5. The smallest absolute Gasteiger partial charge is 0.203 e. The summed E-state index contributed by atoms with van der Waals surface area (Å²) in [5, 5.41) is 0. The van der Waals surface area contributed by atoms with E-state index in [0.717, 1.165) is 17.5 Å². The highest BCUT2D eigenvalue weighted by atomic mass is 16.5. The van der Waals surface area contributed by atoms with Crippen LogP contribution in [0.15, 0.2) is 42.5 Å². The molecule has 0 bridgehead atoms. The number of carbonyl (C=O) groups excluding carboxylic acids is 1. The number of anilines is 1. The number of nitrogen functional groups attached to an aromatic ring is 1. The number of nitrogens with two attached hydrogens (primary N) is 1. The Bertz CT molecular complexity index is 760. The van der Waals surface area contributed by atoms with E-state index < -0.39 is 6.10 Å². The second-order valence-corrected chi connectivity index (χ2v) is 7.76. The fraction of sp³-hybridized carbons (Fsp3) is 0.458. The van der Waals surface area contributed by atoms with E-state index in [0.29, 0.717) is 23.8 Å². The van der Waals surface area contributed by atoms with Gasteiger partial charge < -0.3 is 10.5 Å². The highest BCUT2D eigenvalue weighted by Gasteiger charge is 2.23. The van der Waals surface area contributed by atoms with Crippen LogP contribution in [0.4, 0.5) is 5.69 Å². The van der Waals surface area contributed by atoms with Gasteiger partial charge in [-0.2, -0.15) is 0 Å². The van der Waals surface area contributed by atoms with E-state index in [4.69, 9.17) is 10.5 Å². The second-order valence-electron chi connectivity index (χ2n) is 7.76. The fourth-order valence-corrected chi connectivity index (χ4v) is 3.98. The maximum absolute atomic E-state index is 13.0. The molecular formula is C24H31NO2. The third kappa shape index (κ3) is 4.91. The number of benzene rings is 2. The summed E-state index contributed by atoms with van der Waals surface area (Å²) in [5.41, 5.74) is 9.82. The van der Waals surface area contributed by atoms with Crippen LogP contribution in [-0.4, -0.2) is 11.9 Å². The average Bonchev–Trinajstić information content (AvgIpc) is 2.70. The van der Waals surface area contributed by atoms with Crippen LogP contribution in [0, 0.1) is 6.92 Å². The Morgan fingerprint density at radius 2 is 1.81 bits per heavy atom. The third-order valence-corrected chi connectivity index (χ3v) is 5.55. The molecule has 1 aliphatic rings. The number of hydrogen-bond donors (Lipinski definition) is 1. The number of ether oxygens (including phenoxy) is 1. The number of carbonyl (C=O) groups is 1. The van der Waals surface area contributed by atoms with Gasteiger partial charge in [0.1, 0.15) is 5.75 Å². The highest BCUT2D eigenvalue weighted by molar-refractivity contribution is 5.99. The number of hydrogen-bond acceptors (Lipinski definition) is 3. The molecule has 3 heteroatoms. The predicted molar refractivity (Wildman–Crippen MR) is 112 cm³/mol. The van der Waals surface area contributed by atoms with E-state index in [-0.39, 0.29) is 5.78 Å². The number of ketones is 1. The number of rotatable bonds is 7. The van der Waals surface area contributed by atoms with Crippen LogP contribution < -0.4 is 10.5 Å². The lowest BCUT2D eigenvalue weighted by molar-refractivity contribution is 0.0778. The van der Waals surface area contributed by atoms with Crippen LogP contribution in [0.25, 0.3) is 0 Å². The van der Waals surface area contributed by atoms with Crippen molar-refractivity contribution in [3.8, 4) is 5.75 Å². The van der Waals surface area contributed by atoms with Gasteiger partial charge in [-0.05, 0) is 55.4 Å². The lowest BCUT2D eigenvalue weighted by atomic mass is 9.83. The van der Waals surface area contributed by atoms with Crippen molar-refractivity contribution >= 4 is 11.5 Å². The first-order valence-electron chi connectivity index (χ1n) is 10.3. The maximum Gasteiger partial charge on any atom is 0.203 e. The molecule has 0 radical (unpaired) electrons.